The van der Waals surface area contributed by atoms with Gasteiger partial charge in [0.05, 0.1) is 5.69 Å². The number of rotatable bonds is 4. The molecule has 6 nitrogen and oxygen atoms in total. The molecule has 0 radical (unpaired) electrons. The SMILES string of the molecule is Bc1cnn2c(NC3CCN(C(=O)c4cccc(Cl)c4)CC3)cc(-c3ccccc3Cl)nc12. The number of hydrogen-bond donors (Lipinski definition) is 1. The Morgan fingerprint density at radius 1 is 1.06 bits per heavy atom. The second kappa shape index (κ2) is 9.08. The summed E-state index contributed by atoms with van der Waals surface area (Å²) in [4.78, 5) is 19.5. The fourth-order valence-electron chi connectivity index (χ4n) is 4.22. The molecule has 3 heterocycles. The number of carbonyl (C=O) groups is 1. The molecule has 1 aliphatic rings. The number of nitrogens with zero attached hydrogens (tertiary/aromatic N) is 4. The zero-order valence-electron chi connectivity index (χ0n) is 18.1. The van der Waals surface area contributed by atoms with Crippen LogP contribution in [0.15, 0.2) is 60.8 Å². The first-order valence-electron chi connectivity index (χ1n) is 10.9. The molecular formula is C24H22BCl2N5O. The van der Waals surface area contributed by atoms with Crippen LogP contribution in [0.2, 0.25) is 10.0 Å². The molecule has 1 aliphatic heterocycles. The Bertz CT molecular complexity index is 1330. The van der Waals surface area contributed by atoms with Crippen molar-refractivity contribution >= 4 is 53.9 Å². The lowest BCUT2D eigenvalue weighted by Crippen LogP contribution is -2.42. The molecule has 5 rings (SSSR count). The summed E-state index contributed by atoms with van der Waals surface area (Å²) in [6.07, 6.45) is 3.48. The first-order chi connectivity index (χ1) is 16.0. The van der Waals surface area contributed by atoms with E-state index in [1.807, 2.05) is 59.9 Å². The van der Waals surface area contributed by atoms with Gasteiger partial charge < -0.3 is 10.2 Å². The molecule has 0 spiro atoms. The van der Waals surface area contributed by atoms with Gasteiger partial charge in [0.25, 0.3) is 5.91 Å². The van der Waals surface area contributed by atoms with Crippen LogP contribution in [0, 0.1) is 0 Å². The Morgan fingerprint density at radius 3 is 2.61 bits per heavy atom. The number of anilines is 1. The van der Waals surface area contributed by atoms with Crippen LogP contribution in [0.5, 0.6) is 0 Å². The van der Waals surface area contributed by atoms with Gasteiger partial charge in [-0.15, -0.1) is 0 Å². The molecule has 0 atom stereocenters. The average Bonchev–Trinajstić information content (AvgIpc) is 3.20. The smallest absolute Gasteiger partial charge is 0.253 e. The maximum Gasteiger partial charge on any atom is 0.253 e. The topological polar surface area (TPSA) is 62.5 Å². The molecule has 4 aromatic rings. The van der Waals surface area contributed by atoms with E-state index in [0.717, 1.165) is 41.0 Å². The van der Waals surface area contributed by atoms with Crippen molar-refractivity contribution in [3.63, 3.8) is 0 Å². The monoisotopic (exact) mass is 477 g/mol. The molecule has 166 valence electrons. The van der Waals surface area contributed by atoms with Crippen LogP contribution in [-0.2, 0) is 0 Å². The lowest BCUT2D eigenvalue weighted by atomic mass is 10.0. The van der Waals surface area contributed by atoms with Crippen LogP contribution in [0.1, 0.15) is 23.2 Å². The second-order valence-electron chi connectivity index (χ2n) is 8.29. The lowest BCUT2D eigenvalue weighted by Gasteiger charge is -2.33. The Labute approximate surface area is 202 Å². The fraction of sp³-hybridized carbons (Fsp3) is 0.208. The lowest BCUT2D eigenvalue weighted by molar-refractivity contribution is 0.0718. The molecule has 1 saturated heterocycles. The van der Waals surface area contributed by atoms with Crippen molar-refractivity contribution in [2.75, 3.05) is 18.4 Å². The summed E-state index contributed by atoms with van der Waals surface area (Å²) in [6, 6.07) is 17.0. The zero-order valence-corrected chi connectivity index (χ0v) is 19.6. The van der Waals surface area contributed by atoms with Gasteiger partial charge in [-0.3, -0.25) is 4.79 Å². The molecule has 2 aromatic carbocycles. The number of amides is 1. The minimum Gasteiger partial charge on any atom is -0.367 e. The van der Waals surface area contributed by atoms with Crippen molar-refractivity contribution < 1.29 is 4.79 Å². The number of hydrogen-bond acceptors (Lipinski definition) is 4. The molecule has 2 aromatic heterocycles. The van der Waals surface area contributed by atoms with Crippen LogP contribution in [0.4, 0.5) is 5.82 Å². The Balaban J connectivity index is 1.36. The molecule has 0 bridgehead atoms. The summed E-state index contributed by atoms with van der Waals surface area (Å²) >= 11 is 12.5. The standard InChI is InChI=1S/C24H22BCl2N5O/c25-19-14-28-32-22(13-21(30-23(19)32)18-6-1-2-7-20(18)27)29-17-8-10-31(11-9-17)24(33)15-4-3-5-16(26)12-15/h1-7,12-14,17,29H,8-11,25H2. The molecule has 0 unspecified atom stereocenters. The number of nitrogens with one attached hydrogen (secondary N) is 1. The molecule has 1 amide bonds. The summed E-state index contributed by atoms with van der Waals surface area (Å²) in [6.45, 7) is 1.35. The maximum absolute atomic E-state index is 12.8. The number of piperidine rings is 1. The largest absolute Gasteiger partial charge is 0.367 e. The minimum absolute atomic E-state index is 0.0194. The molecular weight excluding hydrogens is 456 g/mol. The first-order valence-corrected chi connectivity index (χ1v) is 11.7. The quantitative estimate of drug-likeness (QED) is 0.455. The van der Waals surface area contributed by atoms with Gasteiger partial charge in [0.1, 0.15) is 13.7 Å². The van der Waals surface area contributed by atoms with E-state index in [1.165, 1.54) is 0 Å². The van der Waals surface area contributed by atoms with Gasteiger partial charge in [0.15, 0.2) is 5.65 Å². The number of aromatic nitrogens is 3. The average molecular weight is 478 g/mol. The van der Waals surface area contributed by atoms with E-state index in [1.54, 1.807) is 18.2 Å². The second-order valence-corrected chi connectivity index (χ2v) is 9.13. The van der Waals surface area contributed by atoms with Crippen molar-refractivity contribution in [3.05, 3.63) is 76.4 Å². The van der Waals surface area contributed by atoms with Crippen LogP contribution in [0.3, 0.4) is 0 Å². The summed E-state index contributed by atoms with van der Waals surface area (Å²) in [5.41, 5.74) is 4.10. The number of fused-ring (bicyclic) bond motifs is 1. The zero-order chi connectivity index (χ0) is 22.9. The van der Waals surface area contributed by atoms with Gasteiger partial charge in [0.2, 0.25) is 0 Å². The van der Waals surface area contributed by atoms with Gasteiger partial charge in [-0.25, -0.2) is 4.98 Å². The van der Waals surface area contributed by atoms with Crippen molar-refractivity contribution in [2.24, 2.45) is 0 Å². The summed E-state index contributed by atoms with van der Waals surface area (Å²) in [5, 5.41) is 9.38. The molecule has 0 aliphatic carbocycles. The van der Waals surface area contributed by atoms with Crippen LogP contribution < -0.4 is 10.8 Å². The Kier molecular flexibility index (Phi) is 6.00. The van der Waals surface area contributed by atoms with Crippen LogP contribution >= 0.6 is 23.2 Å². The van der Waals surface area contributed by atoms with E-state index >= 15 is 0 Å². The predicted octanol–water partition coefficient (Wildman–Crippen LogP) is 3.68. The third-order valence-electron chi connectivity index (χ3n) is 6.00. The highest BCUT2D eigenvalue weighted by molar-refractivity contribution is 6.36. The third kappa shape index (κ3) is 4.43. The third-order valence-corrected chi connectivity index (χ3v) is 6.57. The molecule has 9 heteroatoms. The molecule has 0 saturated carbocycles. The summed E-state index contributed by atoms with van der Waals surface area (Å²) < 4.78 is 1.83. The molecule has 1 fully saturated rings. The van der Waals surface area contributed by atoms with Gasteiger partial charge in [-0.05, 0) is 42.6 Å². The van der Waals surface area contributed by atoms with E-state index in [9.17, 15) is 4.79 Å². The first kappa shape index (κ1) is 21.8. The van der Waals surface area contributed by atoms with E-state index in [0.29, 0.717) is 28.7 Å². The van der Waals surface area contributed by atoms with E-state index < -0.39 is 0 Å². The highest BCUT2D eigenvalue weighted by Crippen LogP contribution is 2.29. The van der Waals surface area contributed by atoms with Crippen molar-refractivity contribution in [1.29, 1.82) is 0 Å². The predicted molar refractivity (Wildman–Crippen MR) is 136 cm³/mol. The van der Waals surface area contributed by atoms with Gasteiger partial charge in [-0.1, -0.05) is 47.5 Å². The van der Waals surface area contributed by atoms with E-state index in [4.69, 9.17) is 28.2 Å². The Hall–Kier alpha value is -3.03. The van der Waals surface area contributed by atoms with Gasteiger partial charge in [-0.2, -0.15) is 9.61 Å². The van der Waals surface area contributed by atoms with Crippen molar-refractivity contribution in [2.45, 2.75) is 18.9 Å². The number of halogens is 2. The normalized spacial score (nSPS) is 14.5. The van der Waals surface area contributed by atoms with E-state index in [-0.39, 0.29) is 11.9 Å². The highest BCUT2D eigenvalue weighted by Gasteiger charge is 2.25. The van der Waals surface area contributed by atoms with Crippen molar-refractivity contribution in [1.82, 2.24) is 19.5 Å². The summed E-state index contributed by atoms with van der Waals surface area (Å²) in [7, 11) is 2.00. The highest BCUT2D eigenvalue weighted by atomic mass is 35.5. The van der Waals surface area contributed by atoms with Gasteiger partial charge in [0, 0.05) is 52.6 Å². The number of benzene rings is 2. The van der Waals surface area contributed by atoms with Crippen molar-refractivity contribution in [3.8, 4) is 11.3 Å². The minimum atomic E-state index is 0.0194. The van der Waals surface area contributed by atoms with Gasteiger partial charge >= 0.3 is 0 Å². The van der Waals surface area contributed by atoms with Crippen LogP contribution in [-0.4, -0.2) is 52.4 Å². The number of likely N-dealkylation sites (tertiary alicyclic amines) is 1. The fourth-order valence-corrected chi connectivity index (χ4v) is 4.65. The number of carbonyl (C=O) groups excluding carboxylic acids is 1. The Morgan fingerprint density at radius 2 is 1.85 bits per heavy atom. The molecule has 33 heavy (non-hydrogen) atoms. The summed E-state index contributed by atoms with van der Waals surface area (Å²) in [5.74, 6) is 0.883. The maximum atomic E-state index is 12.8. The molecule has 1 N–H and O–H groups in total. The van der Waals surface area contributed by atoms with Crippen LogP contribution in [0.25, 0.3) is 16.9 Å². The van der Waals surface area contributed by atoms with E-state index in [2.05, 4.69) is 10.4 Å².